The quantitative estimate of drug-likeness (QED) is 0.551. The summed E-state index contributed by atoms with van der Waals surface area (Å²) < 4.78 is 2.40. The molecule has 0 saturated carbocycles. The van der Waals surface area contributed by atoms with Gasteiger partial charge in [-0.2, -0.15) is 0 Å². The number of pyridine rings is 1. The minimum Gasteiger partial charge on any atom is -0.378 e. The number of hydrogen-bond acceptors (Lipinski definition) is 3. The van der Waals surface area contributed by atoms with Crippen molar-refractivity contribution >= 4 is 28.7 Å². The van der Waals surface area contributed by atoms with Crippen molar-refractivity contribution in [3.05, 3.63) is 77.4 Å². The van der Waals surface area contributed by atoms with E-state index in [-0.39, 0.29) is 12.1 Å². The molecule has 1 aliphatic rings. The van der Waals surface area contributed by atoms with Gasteiger partial charge in [-0.25, -0.2) is 0 Å². The third-order valence-electron chi connectivity index (χ3n) is 6.10. The standard InChI is InChI=1S/C25H31N5S/c1-16(2)29-17(3)15-21(18(29)4)24-23(22-9-7-8-14-26-22)27-25(31)30(24)20-12-10-19(11-13-20)28(5)6/h7-16,23-24H,1-6H3,(H,27,31)/t23-,24+/m0/s1. The molecule has 1 N–H and O–H groups in total. The topological polar surface area (TPSA) is 36.3 Å². The van der Waals surface area contributed by atoms with Gasteiger partial charge >= 0.3 is 0 Å². The summed E-state index contributed by atoms with van der Waals surface area (Å²) in [5, 5.41) is 4.29. The van der Waals surface area contributed by atoms with Crippen LogP contribution in [-0.4, -0.2) is 28.8 Å². The van der Waals surface area contributed by atoms with Crippen molar-refractivity contribution in [1.29, 1.82) is 0 Å². The van der Waals surface area contributed by atoms with Crippen LogP contribution >= 0.6 is 12.2 Å². The number of thiocarbonyl (C=S) groups is 1. The second kappa shape index (κ2) is 8.35. The van der Waals surface area contributed by atoms with Crippen molar-refractivity contribution in [3.63, 3.8) is 0 Å². The number of aromatic nitrogens is 2. The molecule has 1 aromatic carbocycles. The van der Waals surface area contributed by atoms with Gasteiger partial charge in [-0.1, -0.05) is 6.07 Å². The van der Waals surface area contributed by atoms with Gasteiger partial charge in [-0.05, 0) is 87.9 Å². The number of anilines is 2. The zero-order chi connectivity index (χ0) is 22.3. The van der Waals surface area contributed by atoms with Crippen LogP contribution in [0.2, 0.25) is 0 Å². The first kappa shape index (κ1) is 21.4. The fraction of sp³-hybridized carbons (Fsp3) is 0.360. The normalized spacial score (nSPS) is 18.5. The molecule has 0 aliphatic carbocycles. The molecule has 3 heterocycles. The molecule has 162 valence electrons. The second-order valence-electron chi connectivity index (χ2n) is 8.70. The van der Waals surface area contributed by atoms with Gasteiger partial charge in [0.2, 0.25) is 0 Å². The van der Waals surface area contributed by atoms with Gasteiger partial charge in [0.05, 0.1) is 17.8 Å². The number of benzene rings is 1. The summed E-state index contributed by atoms with van der Waals surface area (Å²) in [7, 11) is 4.11. The number of rotatable bonds is 5. The zero-order valence-corrected chi connectivity index (χ0v) is 19.9. The van der Waals surface area contributed by atoms with Crippen LogP contribution in [-0.2, 0) is 0 Å². The first-order valence-electron chi connectivity index (χ1n) is 10.8. The maximum atomic E-state index is 5.87. The van der Waals surface area contributed by atoms with Crippen LogP contribution in [0.5, 0.6) is 0 Å². The average Bonchev–Trinajstić information content (AvgIpc) is 3.24. The Morgan fingerprint density at radius 1 is 1.06 bits per heavy atom. The molecular weight excluding hydrogens is 402 g/mol. The van der Waals surface area contributed by atoms with E-state index >= 15 is 0 Å². The van der Waals surface area contributed by atoms with E-state index in [2.05, 4.69) is 103 Å². The van der Waals surface area contributed by atoms with Gasteiger partial charge < -0.3 is 19.7 Å². The number of nitrogens with one attached hydrogen (secondary N) is 1. The highest BCUT2D eigenvalue weighted by Crippen LogP contribution is 2.43. The molecule has 1 fully saturated rings. The second-order valence-corrected chi connectivity index (χ2v) is 9.08. The Kier molecular flexibility index (Phi) is 5.75. The monoisotopic (exact) mass is 433 g/mol. The smallest absolute Gasteiger partial charge is 0.174 e. The lowest BCUT2D eigenvalue weighted by Gasteiger charge is -2.29. The molecule has 6 heteroatoms. The summed E-state index contributed by atoms with van der Waals surface area (Å²) in [4.78, 5) is 9.02. The average molecular weight is 434 g/mol. The van der Waals surface area contributed by atoms with Crippen molar-refractivity contribution in [2.45, 2.75) is 45.8 Å². The van der Waals surface area contributed by atoms with Crippen LogP contribution in [0.15, 0.2) is 54.7 Å². The highest BCUT2D eigenvalue weighted by atomic mass is 32.1. The van der Waals surface area contributed by atoms with Crippen molar-refractivity contribution in [2.24, 2.45) is 0 Å². The minimum absolute atomic E-state index is 0.0197. The molecule has 0 amide bonds. The largest absolute Gasteiger partial charge is 0.378 e. The molecule has 2 aromatic heterocycles. The Labute approximate surface area is 190 Å². The van der Waals surface area contributed by atoms with E-state index in [0.717, 1.165) is 22.2 Å². The Morgan fingerprint density at radius 3 is 2.32 bits per heavy atom. The fourth-order valence-corrected chi connectivity index (χ4v) is 5.10. The summed E-state index contributed by atoms with van der Waals surface area (Å²) in [6.07, 6.45) is 1.85. The molecule has 0 bridgehead atoms. The first-order chi connectivity index (χ1) is 14.8. The lowest BCUT2D eigenvalue weighted by Crippen LogP contribution is -2.29. The van der Waals surface area contributed by atoms with Crippen molar-refractivity contribution in [2.75, 3.05) is 23.9 Å². The fourth-order valence-electron chi connectivity index (χ4n) is 4.76. The van der Waals surface area contributed by atoms with E-state index in [0.29, 0.717) is 6.04 Å². The van der Waals surface area contributed by atoms with E-state index in [1.807, 2.05) is 18.3 Å². The molecule has 0 unspecified atom stereocenters. The lowest BCUT2D eigenvalue weighted by atomic mass is 9.96. The van der Waals surface area contributed by atoms with Crippen LogP contribution in [0.3, 0.4) is 0 Å². The summed E-state index contributed by atoms with van der Waals surface area (Å²) >= 11 is 5.87. The zero-order valence-electron chi connectivity index (χ0n) is 19.1. The predicted octanol–water partition coefficient (Wildman–Crippen LogP) is 5.32. The Bertz CT molecular complexity index is 1070. The van der Waals surface area contributed by atoms with E-state index in [1.165, 1.54) is 17.0 Å². The maximum absolute atomic E-state index is 5.87. The first-order valence-corrected chi connectivity index (χ1v) is 11.2. The molecule has 0 spiro atoms. The van der Waals surface area contributed by atoms with E-state index in [4.69, 9.17) is 12.2 Å². The molecule has 5 nitrogen and oxygen atoms in total. The lowest BCUT2D eigenvalue weighted by molar-refractivity contribution is 0.547. The van der Waals surface area contributed by atoms with Crippen molar-refractivity contribution < 1.29 is 0 Å². The van der Waals surface area contributed by atoms with Gasteiger partial charge in [-0.3, -0.25) is 4.98 Å². The van der Waals surface area contributed by atoms with Gasteiger partial charge in [0.25, 0.3) is 0 Å². The molecule has 1 aliphatic heterocycles. The van der Waals surface area contributed by atoms with Gasteiger partial charge in [0.1, 0.15) is 0 Å². The van der Waals surface area contributed by atoms with E-state index in [9.17, 15) is 0 Å². The Hall–Kier alpha value is -2.86. The minimum atomic E-state index is -0.0247. The molecule has 2 atom stereocenters. The Morgan fingerprint density at radius 2 is 1.77 bits per heavy atom. The molecule has 31 heavy (non-hydrogen) atoms. The van der Waals surface area contributed by atoms with Crippen molar-refractivity contribution in [3.8, 4) is 0 Å². The van der Waals surface area contributed by atoms with Gasteiger partial charge in [0, 0.05) is 49.1 Å². The SMILES string of the molecule is Cc1cc([C@@H]2[C@H](c3ccccn3)NC(=S)N2c2ccc(N(C)C)cc2)c(C)n1C(C)C. The third-order valence-corrected chi connectivity index (χ3v) is 6.42. The van der Waals surface area contributed by atoms with Crippen LogP contribution in [0.1, 0.15) is 54.6 Å². The number of aryl methyl sites for hydroxylation is 1. The third kappa shape index (κ3) is 3.81. The summed E-state index contributed by atoms with van der Waals surface area (Å²) in [6, 6.07) is 17.4. The molecule has 3 aromatic rings. The van der Waals surface area contributed by atoms with Crippen molar-refractivity contribution in [1.82, 2.24) is 14.9 Å². The van der Waals surface area contributed by atoms with Crippen LogP contribution in [0, 0.1) is 13.8 Å². The van der Waals surface area contributed by atoms with Crippen LogP contribution in [0.25, 0.3) is 0 Å². The highest BCUT2D eigenvalue weighted by molar-refractivity contribution is 7.80. The van der Waals surface area contributed by atoms with E-state index in [1.54, 1.807) is 0 Å². The molecule has 1 saturated heterocycles. The van der Waals surface area contributed by atoms with Gasteiger partial charge in [0.15, 0.2) is 5.11 Å². The summed E-state index contributed by atoms with van der Waals surface area (Å²) in [5.41, 5.74) is 7.07. The van der Waals surface area contributed by atoms with E-state index < -0.39 is 0 Å². The summed E-state index contributed by atoms with van der Waals surface area (Å²) in [5.74, 6) is 0. The highest BCUT2D eigenvalue weighted by Gasteiger charge is 2.42. The predicted molar refractivity (Wildman–Crippen MR) is 133 cm³/mol. The van der Waals surface area contributed by atoms with Crippen LogP contribution in [0.4, 0.5) is 11.4 Å². The Balaban J connectivity index is 1.86. The molecule has 4 rings (SSSR count). The van der Waals surface area contributed by atoms with Gasteiger partial charge in [-0.15, -0.1) is 0 Å². The number of hydrogen-bond donors (Lipinski definition) is 1. The summed E-state index contributed by atoms with van der Waals surface area (Å²) in [6.45, 7) is 8.86. The number of nitrogens with zero attached hydrogens (tertiary/aromatic N) is 4. The maximum Gasteiger partial charge on any atom is 0.174 e. The molecular formula is C25H31N5S. The van der Waals surface area contributed by atoms with Crippen LogP contribution < -0.4 is 15.1 Å². The molecule has 0 radical (unpaired) electrons.